The Hall–Kier alpha value is -1.42. The van der Waals surface area contributed by atoms with Crippen LogP contribution in [-0.2, 0) is 16.0 Å². The third-order valence-corrected chi connectivity index (χ3v) is 4.75. The Bertz CT molecular complexity index is 511. The average Bonchev–Trinajstić information content (AvgIpc) is 3.06. The van der Waals surface area contributed by atoms with Gasteiger partial charge in [0.25, 0.3) is 0 Å². The van der Waals surface area contributed by atoms with Crippen molar-refractivity contribution in [2.45, 2.75) is 37.8 Å². The van der Waals surface area contributed by atoms with Crippen LogP contribution in [0.5, 0.6) is 0 Å². The van der Waals surface area contributed by atoms with Crippen LogP contribution in [-0.4, -0.2) is 35.0 Å². The van der Waals surface area contributed by atoms with Crippen molar-refractivity contribution >= 4 is 5.91 Å². The highest BCUT2D eigenvalue weighted by atomic mass is 16.5. The van der Waals surface area contributed by atoms with E-state index < -0.39 is 0 Å². The number of pyridine rings is 1. The fourth-order valence-electron chi connectivity index (χ4n) is 3.81. The molecule has 4 nitrogen and oxygen atoms in total. The van der Waals surface area contributed by atoms with Crippen LogP contribution < -0.4 is 0 Å². The maximum absolute atomic E-state index is 12.7. The van der Waals surface area contributed by atoms with Crippen molar-refractivity contribution in [3.8, 4) is 0 Å². The van der Waals surface area contributed by atoms with Crippen LogP contribution in [0.4, 0.5) is 0 Å². The van der Waals surface area contributed by atoms with E-state index in [0.29, 0.717) is 18.6 Å². The lowest BCUT2D eigenvalue weighted by molar-refractivity contribution is -0.139. The summed E-state index contributed by atoms with van der Waals surface area (Å²) in [4.78, 5) is 19.3. The molecule has 19 heavy (non-hydrogen) atoms. The van der Waals surface area contributed by atoms with Gasteiger partial charge in [0.05, 0.1) is 18.6 Å². The summed E-state index contributed by atoms with van der Waals surface area (Å²) in [6.07, 6.45) is 5.87. The Morgan fingerprint density at radius 1 is 1.37 bits per heavy atom. The van der Waals surface area contributed by atoms with Crippen LogP contribution >= 0.6 is 0 Å². The van der Waals surface area contributed by atoms with E-state index in [0.717, 1.165) is 32.3 Å². The number of hydrogen-bond donors (Lipinski definition) is 0. The minimum Gasteiger partial charge on any atom is -0.381 e. The zero-order chi connectivity index (χ0) is 12.8. The molecule has 100 valence electrons. The molecule has 1 aromatic rings. The minimum atomic E-state index is 0.0846. The number of hydrogen-bond acceptors (Lipinski definition) is 3. The zero-order valence-corrected chi connectivity index (χ0v) is 10.9. The van der Waals surface area contributed by atoms with E-state index in [9.17, 15) is 4.79 Å². The first-order valence-electron chi connectivity index (χ1n) is 7.18. The van der Waals surface area contributed by atoms with Gasteiger partial charge in [0.15, 0.2) is 0 Å². The molecule has 2 bridgehead atoms. The van der Waals surface area contributed by atoms with Crippen LogP contribution in [0, 0.1) is 5.92 Å². The van der Waals surface area contributed by atoms with Crippen molar-refractivity contribution in [2.75, 3.05) is 13.2 Å². The number of rotatable bonds is 1. The van der Waals surface area contributed by atoms with Gasteiger partial charge >= 0.3 is 0 Å². The second-order valence-corrected chi connectivity index (χ2v) is 5.80. The molecule has 0 saturated carbocycles. The van der Waals surface area contributed by atoms with E-state index in [-0.39, 0.29) is 12.0 Å². The molecule has 3 aliphatic heterocycles. The monoisotopic (exact) mass is 258 g/mol. The summed E-state index contributed by atoms with van der Waals surface area (Å²) in [6, 6.07) is 4.75. The van der Waals surface area contributed by atoms with Gasteiger partial charge < -0.3 is 9.64 Å². The smallest absolute Gasteiger partial charge is 0.228 e. The molecule has 4 heterocycles. The Morgan fingerprint density at radius 2 is 2.32 bits per heavy atom. The van der Waals surface area contributed by atoms with Gasteiger partial charge in [-0.3, -0.25) is 9.78 Å². The Morgan fingerprint density at radius 3 is 3.16 bits per heavy atom. The van der Waals surface area contributed by atoms with Crippen LogP contribution in [0.1, 0.15) is 36.6 Å². The van der Waals surface area contributed by atoms with Crippen LogP contribution in [0.2, 0.25) is 0 Å². The van der Waals surface area contributed by atoms with Crippen molar-refractivity contribution in [2.24, 2.45) is 5.92 Å². The highest BCUT2D eigenvalue weighted by Crippen LogP contribution is 2.44. The van der Waals surface area contributed by atoms with Gasteiger partial charge in [0.1, 0.15) is 0 Å². The standard InChI is InChI=1S/C15H18N2O2/c18-15(10-5-7-19-9-10)17-11-3-4-14(17)12-2-1-6-16-13(12)8-11/h1-2,6,10-11,14H,3-5,7-9H2/t10-,11-,14-/m1/s1. The van der Waals surface area contributed by atoms with Gasteiger partial charge in [-0.25, -0.2) is 0 Å². The molecule has 4 heteroatoms. The van der Waals surface area contributed by atoms with Gasteiger partial charge in [0, 0.05) is 31.0 Å². The molecular weight excluding hydrogens is 240 g/mol. The number of nitrogens with zero attached hydrogens (tertiary/aromatic N) is 2. The summed E-state index contributed by atoms with van der Waals surface area (Å²) in [5.74, 6) is 0.390. The first-order chi connectivity index (χ1) is 9.34. The molecule has 0 aliphatic carbocycles. The SMILES string of the molecule is O=C([C@@H]1CCOC1)N1[C@@H]2CC[C@@H]1c1cccnc1C2. The number of ether oxygens (including phenoxy) is 1. The van der Waals surface area contributed by atoms with E-state index in [4.69, 9.17) is 4.74 Å². The predicted octanol–water partition coefficient (Wildman–Crippen LogP) is 1.71. The predicted molar refractivity (Wildman–Crippen MR) is 69.5 cm³/mol. The molecule has 0 spiro atoms. The van der Waals surface area contributed by atoms with Gasteiger partial charge in [-0.05, 0) is 30.9 Å². The lowest BCUT2D eigenvalue weighted by atomic mass is 9.95. The largest absolute Gasteiger partial charge is 0.381 e. The second-order valence-electron chi connectivity index (χ2n) is 5.80. The van der Waals surface area contributed by atoms with Crippen molar-refractivity contribution in [1.29, 1.82) is 0 Å². The maximum Gasteiger partial charge on any atom is 0.228 e. The Balaban J connectivity index is 1.66. The van der Waals surface area contributed by atoms with Gasteiger partial charge in [0.2, 0.25) is 5.91 Å². The maximum atomic E-state index is 12.7. The molecule has 3 atom stereocenters. The van der Waals surface area contributed by atoms with E-state index in [1.54, 1.807) is 0 Å². The van der Waals surface area contributed by atoms with Crippen LogP contribution in [0.25, 0.3) is 0 Å². The summed E-state index contributed by atoms with van der Waals surface area (Å²) < 4.78 is 5.37. The summed E-state index contributed by atoms with van der Waals surface area (Å²) in [5, 5.41) is 0. The first kappa shape index (κ1) is 11.4. The average molecular weight is 258 g/mol. The van der Waals surface area contributed by atoms with Crippen molar-refractivity contribution < 1.29 is 9.53 Å². The van der Waals surface area contributed by atoms with Crippen LogP contribution in [0.15, 0.2) is 18.3 Å². The summed E-state index contributed by atoms with van der Waals surface area (Å²) in [5.41, 5.74) is 2.46. The van der Waals surface area contributed by atoms with Gasteiger partial charge in [-0.1, -0.05) is 6.07 Å². The molecular formula is C15H18N2O2. The molecule has 3 aliphatic rings. The Labute approximate surface area is 112 Å². The highest BCUT2D eigenvalue weighted by Gasteiger charge is 2.45. The third kappa shape index (κ3) is 1.70. The molecule has 0 radical (unpaired) electrons. The van der Waals surface area contributed by atoms with E-state index in [2.05, 4.69) is 16.0 Å². The van der Waals surface area contributed by atoms with E-state index >= 15 is 0 Å². The first-order valence-corrected chi connectivity index (χ1v) is 7.18. The summed E-state index contributed by atoms with van der Waals surface area (Å²) in [6.45, 7) is 1.34. The molecule has 0 aromatic carbocycles. The van der Waals surface area contributed by atoms with Crippen molar-refractivity contribution in [3.05, 3.63) is 29.6 Å². The molecule has 0 unspecified atom stereocenters. The number of amides is 1. The van der Waals surface area contributed by atoms with Crippen LogP contribution in [0.3, 0.4) is 0 Å². The molecule has 2 saturated heterocycles. The van der Waals surface area contributed by atoms with Crippen molar-refractivity contribution in [3.63, 3.8) is 0 Å². The molecule has 0 N–H and O–H groups in total. The third-order valence-electron chi connectivity index (χ3n) is 4.75. The fraction of sp³-hybridized carbons (Fsp3) is 0.600. The van der Waals surface area contributed by atoms with Gasteiger partial charge in [-0.15, -0.1) is 0 Å². The Kier molecular flexibility index (Phi) is 2.58. The van der Waals surface area contributed by atoms with Gasteiger partial charge in [-0.2, -0.15) is 0 Å². The lowest BCUT2D eigenvalue weighted by Gasteiger charge is -2.37. The molecule has 4 rings (SSSR count). The number of carbonyl (C=O) groups is 1. The van der Waals surface area contributed by atoms with E-state index in [1.165, 1.54) is 11.3 Å². The van der Waals surface area contributed by atoms with Crippen molar-refractivity contribution in [1.82, 2.24) is 9.88 Å². The fourth-order valence-corrected chi connectivity index (χ4v) is 3.81. The zero-order valence-electron chi connectivity index (χ0n) is 10.9. The molecule has 1 aromatic heterocycles. The van der Waals surface area contributed by atoms with E-state index in [1.807, 2.05) is 12.3 Å². The number of carbonyl (C=O) groups excluding carboxylic acids is 1. The quantitative estimate of drug-likeness (QED) is 0.770. The second kappa shape index (κ2) is 4.30. The highest BCUT2D eigenvalue weighted by molar-refractivity contribution is 5.80. The summed E-state index contributed by atoms with van der Waals surface area (Å²) in [7, 11) is 0. The molecule has 1 amide bonds. The number of fused-ring (bicyclic) bond motifs is 4. The summed E-state index contributed by atoms with van der Waals surface area (Å²) >= 11 is 0. The number of aromatic nitrogens is 1. The topological polar surface area (TPSA) is 42.4 Å². The molecule has 2 fully saturated rings. The normalized spacial score (nSPS) is 32.4. The lowest BCUT2D eigenvalue weighted by Crippen LogP contribution is -2.45. The minimum absolute atomic E-state index is 0.0846.